The van der Waals surface area contributed by atoms with Gasteiger partial charge in [0.15, 0.2) is 5.69 Å². The van der Waals surface area contributed by atoms with Crippen LogP contribution in [0.5, 0.6) is 0 Å². The molecule has 1 aliphatic carbocycles. The molecule has 2 heterocycles. The highest BCUT2D eigenvalue weighted by molar-refractivity contribution is 5.94. The monoisotopic (exact) mass is 364 g/mol. The number of carbonyl (C=O) groups is 1. The molecule has 1 N–H and O–H groups in total. The summed E-state index contributed by atoms with van der Waals surface area (Å²) in [5.41, 5.74) is 4.33. The van der Waals surface area contributed by atoms with Crippen LogP contribution in [0.3, 0.4) is 0 Å². The molecule has 0 atom stereocenters. The fraction of sp³-hybridized carbons (Fsp3) is 0.286. The second-order valence-corrected chi connectivity index (χ2v) is 6.76. The number of hydrogen-bond acceptors (Lipinski definition) is 3. The highest BCUT2D eigenvalue weighted by Crippen LogP contribution is 2.26. The molecule has 0 radical (unpaired) electrons. The van der Waals surface area contributed by atoms with Crippen LogP contribution in [0.15, 0.2) is 48.8 Å². The molecule has 0 fully saturated rings. The summed E-state index contributed by atoms with van der Waals surface area (Å²) < 4.78 is 15.1. The summed E-state index contributed by atoms with van der Waals surface area (Å²) >= 11 is 0. The maximum absolute atomic E-state index is 13.3. The van der Waals surface area contributed by atoms with Crippen LogP contribution in [0, 0.1) is 5.82 Å². The lowest BCUT2D eigenvalue weighted by Crippen LogP contribution is -2.24. The summed E-state index contributed by atoms with van der Waals surface area (Å²) in [7, 11) is 0. The molecule has 3 aromatic rings. The molecular weight excluding hydrogens is 343 g/mol. The first-order valence-electron chi connectivity index (χ1n) is 9.26. The number of pyridine rings is 1. The van der Waals surface area contributed by atoms with E-state index in [0.717, 1.165) is 54.6 Å². The Kier molecular flexibility index (Phi) is 4.96. The zero-order chi connectivity index (χ0) is 18.6. The molecule has 1 aromatic carbocycles. The van der Waals surface area contributed by atoms with Crippen molar-refractivity contribution < 1.29 is 9.18 Å². The molecule has 1 amide bonds. The molecule has 1 aliphatic rings. The fourth-order valence-electron chi connectivity index (χ4n) is 3.52. The molecule has 2 aromatic heterocycles. The number of aromatic nitrogens is 3. The largest absolute Gasteiger partial charge is 0.347 e. The average molecular weight is 364 g/mol. The van der Waals surface area contributed by atoms with Crippen molar-refractivity contribution in [1.82, 2.24) is 20.1 Å². The quantitative estimate of drug-likeness (QED) is 0.720. The average Bonchev–Trinajstić information content (AvgIpc) is 2.89. The predicted octanol–water partition coefficient (Wildman–Crippen LogP) is 3.61. The number of fused-ring (bicyclic) bond motifs is 1. The lowest BCUT2D eigenvalue weighted by Gasteiger charge is -2.07. The van der Waals surface area contributed by atoms with E-state index in [2.05, 4.69) is 15.4 Å². The van der Waals surface area contributed by atoms with Crippen LogP contribution in [-0.2, 0) is 19.4 Å². The number of halogens is 1. The summed E-state index contributed by atoms with van der Waals surface area (Å²) in [6, 6.07) is 9.99. The Labute approximate surface area is 157 Å². The number of carbonyl (C=O) groups excluding carboxylic acids is 1. The van der Waals surface area contributed by atoms with Crippen LogP contribution in [0.1, 0.15) is 46.6 Å². The maximum Gasteiger partial charge on any atom is 0.272 e. The van der Waals surface area contributed by atoms with Crippen molar-refractivity contribution in [3.8, 4) is 5.69 Å². The van der Waals surface area contributed by atoms with Gasteiger partial charge in [-0.05, 0) is 67.6 Å². The third-order valence-electron chi connectivity index (χ3n) is 4.92. The third-order valence-corrected chi connectivity index (χ3v) is 4.92. The number of amides is 1. The molecule has 0 bridgehead atoms. The molecule has 5 nitrogen and oxygen atoms in total. The molecule has 0 saturated carbocycles. The first-order chi connectivity index (χ1) is 13.2. The van der Waals surface area contributed by atoms with Gasteiger partial charge in [-0.25, -0.2) is 9.07 Å². The summed E-state index contributed by atoms with van der Waals surface area (Å²) in [4.78, 5) is 16.8. The van der Waals surface area contributed by atoms with Crippen molar-refractivity contribution in [2.75, 3.05) is 0 Å². The number of hydrogen-bond donors (Lipinski definition) is 1. The lowest BCUT2D eigenvalue weighted by atomic mass is 10.1. The van der Waals surface area contributed by atoms with Crippen molar-refractivity contribution in [2.45, 2.75) is 38.6 Å². The number of nitrogens with one attached hydrogen (secondary N) is 1. The van der Waals surface area contributed by atoms with E-state index in [0.29, 0.717) is 12.2 Å². The molecular formula is C21H21FN4O. The van der Waals surface area contributed by atoms with Gasteiger partial charge >= 0.3 is 0 Å². The number of nitrogens with zero attached hydrogens (tertiary/aromatic N) is 3. The summed E-state index contributed by atoms with van der Waals surface area (Å²) in [6.45, 7) is 0.430. The number of benzene rings is 1. The molecule has 0 saturated heterocycles. The van der Waals surface area contributed by atoms with E-state index < -0.39 is 0 Å². The first kappa shape index (κ1) is 17.4. The van der Waals surface area contributed by atoms with Crippen LogP contribution < -0.4 is 5.32 Å². The summed E-state index contributed by atoms with van der Waals surface area (Å²) in [5, 5.41) is 7.57. The smallest absolute Gasteiger partial charge is 0.272 e. The Bertz CT molecular complexity index is 935. The van der Waals surface area contributed by atoms with Crippen LogP contribution in [0.2, 0.25) is 0 Å². The molecule has 27 heavy (non-hydrogen) atoms. The standard InChI is InChI=1S/C21H21FN4O/c22-16-6-8-17(9-7-16)26-19-5-3-1-2-4-18(19)20(25-26)21(27)24-14-15-10-12-23-13-11-15/h6-13H,1-5,14H2,(H,24,27). The predicted molar refractivity (Wildman–Crippen MR) is 100 cm³/mol. The summed E-state index contributed by atoms with van der Waals surface area (Å²) in [6.07, 6.45) is 8.38. The SMILES string of the molecule is O=C(NCc1ccncc1)c1nn(-c2ccc(F)cc2)c2c1CCCCC2. The van der Waals surface area contributed by atoms with Crippen LogP contribution in [0.4, 0.5) is 4.39 Å². The highest BCUT2D eigenvalue weighted by atomic mass is 19.1. The van der Waals surface area contributed by atoms with E-state index >= 15 is 0 Å². The van der Waals surface area contributed by atoms with Gasteiger partial charge in [0.2, 0.25) is 0 Å². The Morgan fingerprint density at radius 3 is 2.56 bits per heavy atom. The van der Waals surface area contributed by atoms with E-state index in [9.17, 15) is 9.18 Å². The first-order valence-corrected chi connectivity index (χ1v) is 9.26. The second kappa shape index (κ2) is 7.70. The van der Waals surface area contributed by atoms with Gasteiger partial charge in [-0.15, -0.1) is 0 Å². The lowest BCUT2D eigenvalue weighted by molar-refractivity contribution is 0.0944. The molecule has 0 unspecified atom stereocenters. The van der Waals surface area contributed by atoms with Gasteiger partial charge in [0, 0.05) is 30.2 Å². The van der Waals surface area contributed by atoms with Gasteiger partial charge in [0.05, 0.1) is 5.69 Å². The van der Waals surface area contributed by atoms with Crippen LogP contribution in [0.25, 0.3) is 5.69 Å². The van der Waals surface area contributed by atoms with Crippen LogP contribution in [-0.4, -0.2) is 20.7 Å². The summed E-state index contributed by atoms with van der Waals surface area (Å²) in [5.74, 6) is -0.460. The molecule has 0 aliphatic heterocycles. The molecule has 4 rings (SSSR count). The van der Waals surface area contributed by atoms with E-state index in [1.165, 1.54) is 12.1 Å². The topological polar surface area (TPSA) is 59.8 Å². The van der Waals surface area contributed by atoms with Gasteiger partial charge in [-0.2, -0.15) is 5.10 Å². The van der Waals surface area contributed by atoms with Gasteiger partial charge < -0.3 is 5.32 Å². The minimum Gasteiger partial charge on any atom is -0.347 e. The van der Waals surface area contributed by atoms with Crippen molar-refractivity contribution in [3.63, 3.8) is 0 Å². The van der Waals surface area contributed by atoms with E-state index in [1.807, 2.05) is 12.1 Å². The van der Waals surface area contributed by atoms with E-state index in [1.54, 1.807) is 29.2 Å². The van der Waals surface area contributed by atoms with Crippen LogP contribution >= 0.6 is 0 Å². The number of rotatable bonds is 4. The molecule has 138 valence electrons. The van der Waals surface area contributed by atoms with Crippen molar-refractivity contribution in [1.29, 1.82) is 0 Å². The Balaban J connectivity index is 1.65. The Morgan fingerprint density at radius 1 is 1.04 bits per heavy atom. The maximum atomic E-state index is 13.3. The van der Waals surface area contributed by atoms with Crippen molar-refractivity contribution in [2.24, 2.45) is 0 Å². The van der Waals surface area contributed by atoms with Gasteiger partial charge in [-0.3, -0.25) is 9.78 Å². The normalized spacial score (nSPS) is 13.7. The molecule has 6 heteroatoms. The zero-order valence-electron chi connectivity index (χ0n) is 15.0. The van der Waals surface area contributed by atoms with Gasteiger partial charge in [0.1, 0.15) is 5.82 Å². The Morgan fingerprint density at radius 2 is 1.78 bits per heavy atom. The Hall–Kier alpha value is -3.02. The van der Waals surface area contributed by atoms with Gasteiger partial charge in [-0.1, -0.05) is 6.42 Å². The minimum absolute atomic E-state index is 0.175. The second-order valence-electron chi connectivity index (χ2n) is 6.76. The highest BCUT2D eigenvalue weighted by Gasteiger charge is 2.24. The minimum atomic E-state index is -0.285. The van der Waals surface area contributed by atoms with Gasteiger partial charge in [0.25, 0.3) is 5.91 Å². The molecule has 0 spiro atoms. The van der Waals surface area contributed by atoms with E-state index in [-0.39, 0.29) is 11.7 Å². The third kappa shape index (κ3) is 3.74. The van der Waals surface area contributed by atoms with E-state index in [4.69, 9.17) is 0 Å². The van der Waals surface area contributed by atoms with Crippen molar-refractivity contribution in [3.05, 3.63) is 77.1 Å². The zero-order valence-corrected chi connectivity index (χ0v) is 15.0. The van der Waals surface area contributed by atoms with Crippen molar-refractivity contribution >= 4 is 5.91 Å². The fourth-order valence-corrected chi connectivity index (χ4v) is 3.52.